The average Bonchev–Trinajstić information content (AvgIpc) is 3.10. The molecular weight excluding hydrogens is 245 g/mol. The summed E-state index contributed by atoms with van der Waals surface area (Å²) in [7, 11) is 0. The van der Waals surface area contributed by atoms with Gasteiger partial charge in [0.25, 0.3) is 5.91 Å². The Kier molecular flexibility index (Phi) is 3.03. The number of carbonyl (C=O) groups excluding carboxylic acids is 1. The number of halogens is 1. The lowest BCUT2D eigenvalue weighted by Crippen LogP contribution is -2.11. The van der Waals surface area contributed by atoms with Crippen LogP contribution in [0.4, 0.5) is 10.1 Å². The van der Waals surface area contributed by atoms with E-state index in [2.05, 4.69) is 10.4 Å². The molecule has 0 spiro atoms. The van der Waals surface area contributed by atoms with Gasteiger partial charge in [0.2, 0.25) is 0 Å². The summed E-state index contributed by atoms with van der Waals surface area (Å²) in [5, 5.41) is 6.95. The highest BCUT2D eigenvalue weighted by atomic mass is 19.1. The Hall–Kier alpha value is -2.17. The fourth-order valence-corrected chi connectivity index (χ4v) is 1.90. The number of hydrogen-bond acceptors (Lipinski definition) is 2. The van der Waals surface area contributed by atoms with Crippen molar-refractivity contribution in [2.75, 3.05) is 5.32 Å². The number of benzene rings is 1. The summed E-state index contributed by atoms with van der Waals surface area (Å²) >= 11 is 0. The van der Waals surface area contributed by atoms with E-state index in [-0.39, 0.29) is 11.7 Å². The van der Waals surface area contributed by atoms with Crippen molar-refractivity contribution in [3.05, 3.63) is 48.0 Å². The largest absolute Gasteiger partial charge is 0.319 e. The Morgan fingerprint density at radius 3 is 2.79 bits per heavy atom. The molecule has 0 saturated heterocycles. The Morgan fingerprint density at radius 2 is 2.11 bits per heavy atom. The smallest absolute Gasteiger partial charge is 0.255 e. The van der Waals surface area contributed by atoms with Crippen molar-refractivity contribution >= 4 is 11.6 Å². The monoisotopic (exact) mass is 259 g/mol. The number of hydrogen-bond donors (Lipinski definition) is 1. The lowest BCUT2D eigenvalue weighted by atomic mass is 10.2. The van der Waals surface area contributed by atoms with Crippen LogP contribution in [0.5, 0.6) is 0 Å². The van der Waals surface area contributed by atoms with E-state index in [1.54, 1.807) is 6.20 Å². The van der Waals surface area contributed by atoms with Gasteiger partial charge >= 0.3 is 0 Å². The highest BCUT2D eigenvalue weighted by Crippen LogP contribution is 2.30. The molecule has 0 atom stereocenters. The first-order valence-electron chi connectivity index (χ1n) is 6.30. The molecule has 1 aliphatic rings. The minimum Gasteiger partial charge on any atom is -0.319 e. The molecule has 98 valence electrons. The fraction of sp³-hybridized carbons (Fsp3) is 0.286. The highest BCUT2D eigenvalue weighted by Gasteiger charge is 2.22. The van der Waals surface area contributed by atoms with Gasteiger partial charge in [-0.05, 0) is 43.0 Å². The molecule has 0 aliphatic heterocycles. The quantitative estimate of drug-likeness (QED) is 0.917. The van der Waals surface area contributed by atoms with Gasteiger partial charge < -0.3 is 5.32 Å². The molecule has 1 saturated carbocycles. The predicted molar refractivity (Wildman–Crippen MR) is 69.3 cm³/mol. The lowest BCUT2D eigenvalue weighted by Gasteiger charge is -2.02. The number of rotatable bonds is 4. The molecule has 2 aromatic rings. The molecule has 4 nitrogen and oxygen atoms in total. The van der Waals surface area contributed by atoms with Gasteiger partial charge in [0.15, 0.2) is 0 Å². The zero-order valence-corrected chi connectivity index (χ0v) is 10.3. The molecule has 0 unspecified atom stereocenters. The molecule has 1 fully saturated rings. The average molecular weight is 259 g/mol. The fourth-order valence-electron chi connectivity index (χ4n) is 1.90. The van der Waals surface area contributed by atoms with Gasteiger partial charge in [-0.15, -0.1) is 0 Å². The van der Waals surface area contributed by atoms with Crippen LogP contribution in [0.3, 0.4) is 0 Å². The maximum Gasteiger partial charge on any atom is 0.255 e. The molecule has 1 amide bonds. The van der Waals surface area contributed by atoms with E-state index in [0.717, 1.165) is 12.5 Å². The van der Waals surface area contributed by atoms with Crippen LogP contribution in [-0.2, 0) is 6.54 Å². The van der Waals surface area contributed by atoms with Crippen molar-refractivity contribution in [1.29, 1.82) is 0 Å². The molecular formula is C14H14FN3O. The van der Waals surface area contributed by atoms with Crippen LogP contribution in [0.25, 0.3) is 0 Å². The van der Waals surface area contributed by atoms with Crippen LogP contribution >= 0.6 is 0 Å². The van der Waals surface area contributed by atoms with Gasteiger partial charge in [-0.2, -0.15) is 5.10 Å². The number of aromatic nitrogens is 2. The number of nitrogens with one attached hydrogen (secondary N) is 1. The van der Waals surface area contributed by atoms with Gasteiger partial charge in [-0.1, -0.05) is 0 Å². The van der Waals surface area contributed by atoms with E-state index in [0.29, 0.717) is 11.3 Å². The first-order chi connectivity index (χ1) is 9.20. The number of amides is 1. The minimum atomic E-state index is -0.353. The third kappa shape index (κ3) is 2.99. The van der Waals surface area contributed by atoms with E-state index in [1.807, 2.05) is 10.9 Å². The third-order valence-corrected chi connectivity index (χ3v) is 3.14. The van der Waals surface area contributed by atoms with Crippen molar-refractivity contribution in [2.24, 2.45) is 5.92 Å². The summed E-state index contributed by atoms with van der Waals surface area (Å²) in [6, 6.07) is 5.45. The van der Waals surface area contributed by atoms with E-state index in [4.69, 9.17) is 0 Å². The number of anilines is 1. The van der Waals surface area contributed by atoms with Crippen LogP contribution in [0.15, 0.2) is 36.7 Å². The molecule has 0 radical (unpaired) electrons. The Bertz CT molecular complexity index is 587. The summed E-state index contributed by atoms with van der Waals surface area (Å²) in [5.41, 5.74) is 1.09. The molecule has 1 aromatic carbocycles. The first kappa shape index (κ1) is 11.9. The van der Waals surface area contributed by atoms with Gasteiger partial charge in [-0.3, -0.25) is 9.48 Å². The zero-order valence-electron chi connectivity index (χ0n) is 10.3. The second-order valence-electron chi connectivity index (χ2n) is 4.86. The summed E-state index contributed by atoms with van der Waals surface area (Å²) in [6.07, 6.45) is 5.97. The Balaban J connectivity index is 1.64. The zero-order chi connectivity index (χ0) is 13.2. The van der Waals surface area contributed by atoms with Gasteiger partial charge in [0.1, 0.15) is 5.82 Å². The molecule has 19 heavy (non-hydrogen) atoms. The van der Waals surface area contributed by atoms with Crippen LogP contribution < -0.4 is 5.32 Å². The number of nitrogens with zero attached hydrogens (tertiary/aromatic N) is 2. The maximum atomic E-state index is 12.8. The minimum absolute atomic E-state index is 0.258. The molecule has 3 rings (SSSR count). The number of carbonyl (C=O) groups is 1. The van der Waals surface area contributed by atoms with Crippen LogP contribution in [0.1, 0.15) is 23.2 Å². The van der Waals surface area contributed by atoms with E-state index < -0.39 is 0 Å². The van der Waals surface area contributed by atoms with Crippen LogP contribution in [-0.4, -0.2) is 15.7 Å². The SMILES string of the molecule is O=C(Nc1cnn(CC2CC2)c1)c1ccc(F)cc1. The molecule has 1 aromatic heterocycles. The molecule has 0 bridgehead atoms. The molecule has 5 heteroatoms. The molecule has 1 heterocycles. The predicted octanol–water partition coefficient (Wildman–Crippen LogP) is 2.68. The van der Waals surface area contributed by atoms with E-state index in [9.17, 15) is 9.18 Å². The van der Waals surface area contributed by atoms with E-state index >= 15 is 0 Å². The standard InChI is InChI=1S/C14H14FN3O/c15-12-5-3-11(4-6-12)14(19)17-13-7-16-18(9-13)8-10-1-2-10/h3-7,9-10H,1-2,8H2,(H,17,19). The Morgan fingerprint density at radius 1 is 1.37 bits per heavy atom. The van der Waals surface area contributed by atoms with Crippen molar-refractivity contribution in [2.45, 2.75) is 19.4 Å². The second-order valence-corrected chi connectivity index (χ2v) is 4.86. The van der Waals surface area contributed by atoms with Crippen molar-refractivity contribution in [3.63, 3.8) is 0 Å². The normalized spacial score (nSPS) is 14.4. The van der Waals surface area contributed by atoms with Crippen LogP contribution in [0.2, 0.25) is 0 Å². The summed E-state index contributed by atoms with van der Waals surface area (Å²) in [4.78, 5) is 11.9. The summed E-state index contributed by atoms with van der Waals surface area (Å²) < 4.78 is 14.6. The van der Waals surface area contributed by atoms with Crippen molar-refractivity contribution in [3.8, 4) is 0 Å². The van der Waals surface area contributed by atoms with Crippen molar-refractivity contribution in [1.82, 2.24) is 9.78 Å². The van der Waals surface area contributed by atoms with Gasteiger partial charge in [-0.25, -0.2) is 4.39 Å². The summed E-state index contributed by atoms with van der Waals surface area (Å²) in [5.74, 6) is 0.125. The van der Waals surface area contributed by atoms with Gasteiger partial charge in [0.05, 0.1) is 11.9 Å². The van der Waals surface area contributed by atoms with Crippen LogP contribution in [0, 0.1) is 11.7 Å². The maximum absolute atomic E-state index is 12.8. The third-order valence-electron chi connectivity index (χ3n) is 3.14. The van der Waals surface area contributed by atoms with Gasteiger partial charge in [0, 0.05) is 18.3 Å². The summed E-state index contributed by atoms with van der Waals surface area (Å²) in [6.45, 7) is 0.909. The first-order valence-corrected chi connectivity index (χ1v) is 6.30. The highest BCUT2D eigenvalue weighted by molar-refractivity contribution is 6.04. The topological polar surface area (TPSA) is 46.9 Å². The lowest BCUT2D eigenvalue weighted by molar-refractivity contribution is 0.102. The second kappa shape index (κ2) is 4.84. The Labute approximate surface area is 110 Å². The molecule has 1 N–H and O–H groups in total. The van der Waals surface area contributed by atoms with Crippen molar-refractivity contribution < 1.29 is 9.18 Å². The van der Waals surface area contributed by atoms with E-state index in [1.165, 1.54) is 37.1 Å². The molecule has 1 aliphatic carbocycles.